The Morgan fingerprint density at radius 2 is 1.94 bits per heavy atom. The van der Waals surface area contributed by atoms with Crippen LogP contribution < -0.4 is 5.73 Å². The molecule has 2 rings (SSSR count). The molecular weight excluding hydrogens is 270 g/mol. The predicted molar refractivity (Wildman–Crippen MR) is 63.9 cm³/mol. The Balaban J connectivity index is 2.52. The van der Waals surface area contributed by atoms with Gasteiger partial charge in [-0.25, -0.2) is 0 Å². The summed E-state index contributed by atoms with van der Waals surface area (Å²) in [6.07, 6.45) is 1.71. The smallest absolute Gasteiger partial charge is 0.235 e. The van der Waals surface area contributed by atoms with Crippen LogP contribution in [0, 0.1) is 0 Å². The quantitative estimate of drug-likeness (QED) is 0.842. The lowest BCUT2D eigenvalue weighted by Gasteiger charge is -2.23. The van der Waals surface area contributed by atoms with Gasteiger partial charge in [-0.2, -0.15) is 0 Å². The van der Waals surface area contributed by atoms with Crippen LogP contribution in [0.15, 0.2) is 28.7 Å². The number of Topliss-reactive ketones (excluding diaryl/α,β-unsaturated/α-hetero) is 1. The molecule has 3 nitrogen and oxygen atoms in total. The zero-order valence-electron chi connectivity index (χ0n) is 8.70. The number of halogens is 1. The Morgan fingerprint density at radius 1 is 1.31 bits per heavy atom. The van der Waals surface area contributed by atoms with E-state index in [9.17, 15) is 9.59 Å². The highest BCUT2D eigenvalue weighted by atomic mass is 79.9. The molecule has 84 valence electrons. The lowest BCUT2D eigenvalue weighted by molar-refractivity contribution is -0.132. The molecule has 1 aliphatic rings. The van der Waals surface area contributed by atoms with E-state index in [1.807, 2.05) is 12.1 Å². The molecule has 1 aromatic carbocycles. The zero-order chi connectivity index (χ0) is 11.8. The predicted octanol–water partition coefficient (Wildman–Crippen LogP) is 1.93. The average Bonchev–Trinajstić information content (AvgIpc) is 2.62. The Hall–Kier alpha value is -1.16. The molecule has 2 N–H and O–H groups in total. The van der Waals surface area contributed by atoms with Gasteiger partial charge in [0.05, 0.1) is 0 Å². The number of benzene rings is 1. The molecule has 1 unspecified atom stereocenters. The molecule has 0 heterocycles. The van der Waals surface area contributed by atoms with Gasteiger partial charge in [-0.3, -0.25) is 9.59 Å². The average molecular weight is 282 g/mol. The van der Waals surface area contributed by atoms with E-state index in [-0.39, 0.29) is 5.78 Å². The van der Waals surface area contributed by atoms with Crippen LogP contribution in [0.5, 0.6) is 0 Å². The van der Waals surface area contributed by atoms with E-state index < -0.39 is 11.3 Å². The Kier molecular flexibility index (Phi) is 2.84. The maximum Gasteiger partial charge on any atom is 0.235 e. The number of rotatable bonds is 2. The van der Waals surface area contributed by atoms with Gasteiger partial charge in [-0.1, -0.05) is 28.1 Å². The first-order valence-electron chi connectivity index (χ1n) is 5.16. The molecule has 0 saturated heterocycles. The van der Waals surface area contributed by atoms with E-state index in [2.05, 4.69) is 15.9 Å². The number of nitrogens with two attached hydrogens (primary N) is 1. The minimum Gasteiger partial charge on any atom is -0.369 e. The molecule has 4 heteroatoms. The number of carbonyl (C=O) groups excluding carboxylic acids is 2. The number of hydrogen-bond donors (Lipinski definition) is 1. The molecule has 0 aromatic heterocycles. The van der Waals surface area contributed by atoms with Gasteiger partial charge in [-0.15, -0.1) is 0 Å². The van der Waals surface area contributed by atoms with E-state index in [0.29, 0.717) is 18.4 Å². The number of carbonyl (C=O) groups is 2. The van der Waals surface area contributed by atoms with Crippen LogP contribution in [0.3, 0.4) is 0 Å². The number of ketones is 1. The van der Waals surface area contributed by atoms with E-state index >= 15 is 0 Å². The van der Waals surface area contributed by atoms with Crippen molar-refractivity contribution in [2.75, 3.05) is 0 Å². The van der Waals surface area contributed by atoms with Crippen LogP contribution in [0.1, 0.15) is 24.8 Å². The first kappa shape index (κ1) is 11.3. The number of primary amides is 1. The molecule has 1 amide bonds. The highest BCUT2D eigenvalue weighted by Crippen LogP contribution is 2.38. The maximum atomic E-state index is 11.9. The zero-order valence-corrected chi connectivity index (χ0v) is 10.3. The standard InChI is InChI=1S/C12H12BrNO2/c13-9-5-3-8(4-6-9)12(11(14)16)7-1-2-10(12)15/h3-6H,1-2,7H2,(H2,14,16). The van der Waals surface area contributed by atoms with E-state index in [4.69, 9.17) is 5.73 Å². The Labute approximate surface area is 102 Å². The van der Waals surface area contributed by atoms with Crippen molar-refractivity contribution in [1.29, 1.82) is 0 Å². The summed E-state index contributed by atoms with van der Waals surface area (Å²) < 4.78 is 0.918. The third-order valence-corrected chi connectivity index (χ3v) is 3.72. The van der Waals surface area contributed by atoms with E-state index in [1.54, 1.807) is 12.1 Å². The third-order valence-electron chi connectivity index (χ3n) is 3.19. The molecule has 1 aromatic rings. The fraction of sp³-hybridized carbons (Fsp3) is 0.333. The molecule has 1 atom stereocenters. The summed E-state index contributed by atoms with van der Waals surface area (Å²) in [6.45, 7) is 0. The van der Waals surface area contributed by atoms with Crippen molar-refractivity contribution in [2.24, 2.45) is 5.73 Å². The van der Waals surface area contributed by atoms with Gasteiger partial charge in [0.15, 0.2) is 5.78 Å². The fourth-order valence-corrected chi connectivity index (χ4v) is 2.57. The minimum atomic E-state index is -1.08. The van der Waals surface area contributed by atoms with Crippen LogP contribution >= 0.6 is 15.9 Å². The molecule has 0 radical (unpaired) electrons. The lowest BCUT2D eigenvalue weighted by atomic mass is 9.77. The van der Waals surface area contributed by atoms with Crippen molar-refractivity contribution in [2.45, 2.75) is 24.7 Å². The number of amides is 1. The fourth-order valence-electron chi connectivity index (χ4n) is 2.31. The van der Waals surface area contributed by atoms with Gasteiger partial charge < -0.3 is 5.73 Å². The SMILES string of the molecule is NC(=O)C1(c2ccc(Br)cc2)CCCC1=O. The summed E-state index contributed by atoms with van der Waals surface area (Å²) in [4.78, 5) is 23.5. The van der Waals surface area contributed by atoms with Crippen LogP contribution in [-0.4, -0.2) is 11.7 Å². The van der Waals surface area contributed by atoms with Gasteiger partial charge in [0.25, 0.3) is 0 Å². The van der Waals surface area contributed by atoms with Crippen LogP contribution in [0.2, 0.25) is 0 Å². The van der Waals surface area contributed by atoms with Crippen LogP contribution in [0.25, 0.3) is 0 Å². The van der Waals surface area contributed by atoms with Crippen molar-refractivity contribution in [1.82, 2.24) is 0 Å². The molecule has 0 bridgehead atoms. The summed E-state index contributed by atoms with van der Waals surface area (Å²) in [7, 11) is 0. The van der Waals surface area contributed by atoms with Gasteiger partial charge in [-0.05, 0) is 30.5 Å². The molecular formula is C12H12BrNO2. The van der Waals surface area contributed by atoms with Crippen molar-refractivity contribution in [3.05, 3.63) is 34.3 Å². The van der Waals surface area contributed by atoms with Crippen molar-refractivity contribution >= 4 is 27.6 Å². The van der Waals surface area contributed by atoms with Gasteiger partial charge in [0.2, 0.25) is 5.91 Å². The van der Waals surface area contributed by atoms with E-state index in [0.717, 1.165) is 10.9 Å². The summed E-state index contributed by atoms with van der Waals surface area (Å²) in [5.41, 5.74) is 5.05. The van der Waals surface area contributed by atoms with Crippen molar-refractivity contribution < 1.29 is 9.59 Å². The minimum absolute atomic E-state index is 0.0534. The van der Waals surface area contributed by atoms with E-state index in [1.165, 1.54) is 0 Å². The lowest BCUT2D eigenvalue weighted by Crippen LogP contribution is -2.44. The molecule has 0 aliphatic heterocycles. The Morgan fingerprint density at radius 3 is 2.38 bits per heavy atom. The highest BCUT2D eigenvalue weighted by molar-refractivity contribution is 9.10. The number of hydrogen-bond acceptors (Lipinski definition) is 2. The molecule has 1 fully saturated rings. The monoisotopic (exact) mass is 281 g/mol. The first-order chi connectivity index (χ1) is 7.57. The summed E-state index contributed by atoms with van der Waals surface area (Å²) in [6, 6.07) is 7.23. The summed E-state index contributed by atoms with van der Waals surface area (Å²) in [5.74, 6) is -0.584. The van der Waals surface area contributed by atoms with Gasteiger partial charge in [0.1, 0.15) is 5.41 Å². The van der Waals surface area contributed by atoms with Gasteiger partial charge >= 0.3 is 0 Å². The van der Waals surface area contributed by atoms with Crippen LogP contribution in [0.4, 0.5) is 0 Å². The topological polar surface area (TPSA) is 60.2 Å². The maximum absolute atomic E-state index is 11.9. The molecule has 1 saturated carbocycles. The molecule has 0 spiro atoms. The largest absolute Gasteiger partial charge is 0.369 e. The third kappa shape index (κ3) is 1.57. The van der Waals surface area contributed by atoms with Crippen molar-refractivity contribution in [3.8, 4) is 0 Å². The highest BCUT2D eigenvalue weighted by Gasteiger charge is 2.48. The molecule has 16 heavy (non-hydrogen) atoms. The molecule has 1 aliphatic carbocycles. The second kappa shape index (κ2) is 4.01. The van der Waals surface area contributed by atoms with Gasteiger partial charge in [0, 0.05) is 10.9 Å². The summed E-state index contributed by atoms with van der Waals surface area (Å²) >= 11 is 3.32. The Bertz CT molecular complexity index is 441. The second-order valence-corrected chi connectivity index (χ2v) is 4.97. The first-order valence-corrected chi connectivity index (χ1v) is 5.96. The van der Waals surface area contributed by atoms with Crippen molar-refractivity contribution in [3.63, 3.8) is 0 Å². The normalized spacial score (nSPS) is 24.7. The van der Waals surface area contributed by atoms with Crippen LogP contribution in [-0.2, 0) is 15.0 Å². The summed E-state index contributed by atoms with van der Waals surface area (Å²) in [5, 5.41) is 0. The second-order valence-electron chi connectivity index (χ2n) is 4.05.